The molecule has 1 aromatic rings. The molecular formula is C26H36N2O. The van der Waals surface area contributed by atoms with E-state index < -0.39 is 0 Å². The molecule has 0 saturated heterocycles. The standard InChI is InChI=1S/C26H36N2O/c1-5-12-23(18-22-13-8-6-9-14-22)19-24(17-20(2)21(3)27-4)26(29)28-25-15-10-7-11-16-25/h6,8-9,12-14,17,19,25,27H,3,5,7,10-11,15-16,18H2,1-2,4H3,(H,28,29)/b20-17+,23-12+,24-19+. The van der Waals surface area contributed by atoms with Crippen molar-refractivity contribution in [1.29, 1.82) is 0 Å². The topological polar surface area (TPSA) is 41.1 Å². The van der Waals surface area contributed by atoms with Crippen LogP contribution in [-0.4, -0.2) is 19.0 Å². The number of likely N-dealkylation sites (N-methyl/N-ethyl adjacent to an activating group) is 1. The predicted octanol–water partition coefficient (Wildman–Crippen LogP) is 5.62. The van der Waals surface area contributed by atoms with Gasteiger partial charge in [0.05, 0.1) is 0 Å². The monoisotopic (exact) mass is 392 g/mol. The van der Waals surface area contributed by atoms with Crippen LogP contribution in [0.2, 0.25) is 0 Å². The largest absolute Gasteiger partial charge is 0.388 e. The minimum atomic E-state index is 0.00946. The summed E-state index contributed by atoms with van der Waals surface area (Å²) in [4.78, 5) is 13.1. The Bertz CT molecular complexity index is 765. The third-order valence-corrected chi connectivity index (χ3v) is 5.41. The van der Waals surface area contributed by atoms with Crippen LogP contribution in [0.3, 0.4) is 0 Å². The SMILES string of the molecule is C=C(NC)/C(C)=C/C(=C\C(=C\CC)Cc1ccccc1)C(=O)NC1CCCCC1. The van der Waals surface area contributed by atoms with Crippen molar-refractivity contribution in [3.05, 3.63) is 83.1 Å². The van der Waals surface area contributed by atoms with E-state index in [1.807, 2.05) is 32.2 Å². The van der Waals surface area contributed by atoms with Crippen LogP contribution in [-0.2, 0) is 11.2 Å². The third kappa shape index (κ3) is 7.77. The van der Waals surface area contributed by atoms with E-state index in [0.29, 0.717) is 5.57 Å². The molecule has 1 fully saturated rings. The Balaban J connectivity index is 2.30. The van der Waals surface area contributed by atoms with Gasteiger partial charge in [0.1, 0.15) is 0 Å². The zero-order chi connectivity index (χ0) is 21.1. The number of allylic oxidation sites excluding steroid dienone is 4. The van der Waals surface area contributed by atoms with Gasteiger partial charge >= 0.3 is 0 Å². The van der Waals surface area contributed by atoms with Crippen LogP contribution in [0.15, 0.2) is 77.6 Å². The van der Waals surface area contributed by atoms with Gasteiger partial charge in [0.25, 0.3) is 5.91 Å². The van der Waals surface area contributed by atoms with E-state index in [0.717, 1.165) is 42.5 Å². The molecule has 1 aliphatic rings. The van der Waals surface area contributed by atoms with Crippen LogP contribution in [0.25, 0.3) is 0 Å². The summed E-state index contributed by atoms with van der Waals surface area (Å²) in [5.74, 6) is 0.00946. The first kappa shape index (κ1) is 22.7. The van der Waals surface area contributed by atoms with E-state index >= 15 is 0 Å². The Labute approximate surface area is 176 Å². The minimum absolute atomic E-state index is 0.00946. The highest BCUT2D eigenvalue weighted by atomic mass is 16.1. The van der Waals surface area contributed by atoms with Crippen molar-refractivity contribution in [3.63, 3.8) is 0 Å². The van der Waals surface area contributed by atoms with Gasteiger partial charge in [0.2, 0.25) is 0 Å². The smallest absolute Gasteiger partial charge is 0.251 e. The Morgan fingerprint density at radius 2 is 1.83 bits per heavy atom. The van der Waals surface area contributed by atoms with E-state index in [4.69, 9.17) is 0 Å². The van der Waals surface area contributed by atoms with Gasteiger partial charge in [0.15, 0.2) is 0 Å². The molecule has 1 aromatic carbocycles. The van der Waals surface area contributed by atoms with Crippen molar-refractivity contribution in [1.82, 2.24) is 10.6 Å². The third-order valence-electron chi connectivity index (χ3n) is 5.41. The summed E-state index contributed by atoms with van der Waals surface area (Å²) < 4.78 is 0. The molecule has 1 aliphatic carbocycles. The number of amides is 1. The Morgan fingerprint density at radius 3 is 2.45 bits per heavy atom. The fraction of sp³-hybridized carbons (Fsp3) is 0.423. The molecule has 0 unspecified atom stereocenters. The Kier molecular flexibility index (Phi) is 9.49. The van der Waals surface area contributed by atoms with Crippen LogP contribution < -0.4 is 10.6 Å². The molecule has 156 valence electrons. The van der Waals surface area contributed by atoms with Gasteiger partial charge in [-0.1, -0.05) is 69.2 Å². The molecular weight excluding hydrogens is 356 g/mol. The summed E-state index contributed by atoms with van der Waals surface area (Å²) in [5, 5.41) is 6.34. The van der Waals surface area contributed by atoms with Gasteiger partial charge in [-0.15, -0.1) is 0 Å². The minimum Gasteiger partial charge on any atom is -0.388 e. The second kappa shape index (κ2) is 12.1. The maximum atomic E-state index is 13.1. The van der Waals surface area contributed by atoms with E-state index in [1.54, 1.807) is 0 Å². The molecule has 2 rings (SSSR count). The van der Waals surface area contributed by atoms with Crippen LogP contribution >= 0.6 is 0 Å². The lowest BCUT2D eigenvalue weighted by molar-refractivity contribution is -0.118. The van der Waals surface area contributed by atoms with E-state index in [2.05, 4.69) is 54.5 Å². The first-order chi connectivity index (χ1) is 14.0. The number of benzene rings is 1. The highest BCUT2D eigenvalue weighted by Crippen LogP contribution is 2.20. The average molecular weight is 393 g/mol. The molecule has 29 heavy (non-hydrogen) atoms. The number of hydrogen-bond acceptors (Lipinski definition) is 2. The van der Waals surface area contributed by atoms with Gasteiger partial charge in [-0.25, -0.2) is 0 Å². The second-order valence-electron chi connectivity index (χ2n) is 7.81. The molecule has 0 aromatic heterocycles. The molecule has 0 radical (unpaired) electrons. The summed E-state index contributed by atoms with van der Waals surface area (Å²) in [7, 11) is 1.85. The zero-order valence-electron chi connectivity index (χ0n) is 18.3. The fourth-order valence-corrected chi connectivity index (χ4v) is 3.68. The molecule has 3 nitrogen and oxygen atoms in total. The van der Waals surface area contributed by atoms with E-state index in [-0.39, 0.29) is 11.9 Å². The van der Waals surface area contributed by atoms with Crippen molar-refractivity contribution in [2.24, 2.45) is 0 Å². The van der Waals surface area contributed by atoms with Gasteiger partial charge in [0, 0.05) is 24.4 Å². The lowest BCUT2D eigenvalue weighted by atomic mass is 9.94. The van der Waals surface area contributed by atoms with E-state index in [1.165, 1.54) is 24.8 Å². The summed E-state index contributed by atoms with van der Waals surface area (Å²) in [5.41, 5.74) is 4.89. The quantitative estimate of drug-likeness (QED) is 0.423. The van der Waals surface area contributed by atoms with Crippen LogP contribution in [0.1, 0.15) is 57.9 Å². The Morgan fingerprint density at radius 1 is 1.14 bits per heavy atom. The predicted molar refractivity (Wildman–Crippen MR) is 124 cm³/mol. The number of hydrogen-bond donors (Lipinski definition) is 2. The summed E-state index contributed by atoms with van der Waals surface area (Å²) in [6, 6.07) is 10.7. The van der Waals surface area contributed by atoms with Crippen molar-refractivity contribution in [2.45, 2.75) is 64.8 Å². The molecule has 0 spiro atoms. The molecule has 1 saturated carbocycles. The number of nitrogens with one attached hydrogen (secondary N) is 2. The molecule has 0 atom stereocenters. The summed E-state index contributed by atoms with van der Waals surface area (Å²) in [6.07, 6.45) is 13.8. The summed E-state index contributed by atoms with van der Waals surface area (Å²) >= 11 is 0. The second-order valence-corrected chi connectivity index (χ2v) is 7.81. The van der Waals surface area contributed by atoms with Crippen molar-refractivity contribution in [2.75, 3.05) is 7.05 Å². The molecule has 0 heterocycles. The maximum Gasteiger partial charge on any atom is 0.251 e. The van der Waals surface area contributed by atoms with Crippen LogP contribution in [0, 0.1) is 0 Å². The number of carbonyl (C=O) groups excluding carboxylic acids is 1. The lowest BCUT2D eigenvalue weighted by Crippen LogP contribution is -2.36. The van der Waals surface area contributed by atoms with Gasteiger partial charge < -0.3 is 10.6 Å². The van der Waals surface area contributed by atoms with Crippen molar-refractivity contribution >= 4 is 5.91 Å². The summed E-state index contributed by atoms with van der Waals surface area (Å²) in [6.45, 7) is 8.15. The Hall–Kier alpha value is -2.55. The molecule has 0 aliphatic heterocycles. The molecule has 0 bridgehead atoms. The van der Waals surface area contributed by atoms with Crippen LogP contribution in [0.5, 0.6) is 0 Å². The number of rotatable bonds is 9. The van der Waals surface area contributed by atoms with Gasteiger partial charge in [-0.2, -0.15) is 0 Å². The normalized spacial score (nSPS) is 16.4. The fourth-order valence-electron chi connectivity index (χ4n) is 3.68. The lowest BCUT2D eigenvalue weighted by Gasteiger charge is -2.23. The zero-order valence-corrected chi connectivity index (χ0v) is 18.3. The van der Waals surface area contributed by atoms with Crippen molar-refractivity contribution in [3.8, 4) is 0 Å². The van der Waals surface area contributed by atoms with E-state index in [9.17, 15) is 4.79 Å². The highest BCUT2D eigenvalue weighted by Gasteiger charge is 2.18. The first-order valence-electron chi connectivity index (χ1n) is 10.8. The number of carbonyl (C=O) groups is 1. The van der Waals surface area contributed by atoms with Crippen LogP contribution in [0.4, 0.5) is 0 Å². The first-order valence-corrected chi connectivity index (χ1v) is 10.8. The average Bonchev–Trinajstić information content (AvgIpc) is 2.74. The highest BCUT2D eigenvalue weighted by molar-refractivity contribution is 5.97. The molecule has 1 amide bonds. The molecule has 2 N–H and O–H groups in total. The maximum absolute atomic E-state index is 13.1. The van der Waals surface area contributed by atoms with Gasteiger partial charge in [-0.05, 0) is 61.5 Å². The molecule has 3 heteroatoms. The van der Waals surface area contributed by atoms with Gasteiger partial charge in [-0.3, -0.25) is 4.79 Å². The van der Waals surface area contributed by atoms with Crippen molar-refractivity contribution < 1.29 is 4.79 Å².